The minimum Gasteiger partial charge on any atom is -0.387 e. The van der Waals surface area contributed by atoms with Crippen molar-refractivity contribution in [2.24, 2.45) is 0 Å². The van der Waals surface area contributed by atoms with Gasteiger partial charge in [0.05, 0.1) is 23.8 Å². The lowest BCUT2D eigenvalue weighted by atomic mass is 10.2. The van der Waals surface area contributed by atoms with Crippen LogP contribution >= 0.6 is 0 Å². The number of pyridine rings is 1. The van der Waals surface area contributed by atoms with Crippen LogP contribution in [0.3, 0.4) is 0 Å². The van der Waals surface area contributed by atoms with E-state index in [2.05, 4.69) is 15.6 Å². The Morgan fingerprint density at radius 3 is 2.71 bits per heavy atom. The molecule has 0 atom stereocenters. The number of hydrogen-bond acceptors (Lipinski definition) is 3. The molecule has 2 rings (SSSR count). The Bertz CT molecular complexity index is 500. The number of nitrogens with one attached hydrogen (secondary N) is 2. The number of hydrogen-bond donors (Lipinski definition) is 2. The van der Waals surface area contributed by atoms with Crippen molar-refractivity contribution in [3.63, 3.8) is 0 Å². The van der Waals surface area contributed by atoms with Crippen molar-refractivity contribution >= 4 is 11.4 Å². The minimum absolute atomic E-state index is 0.197. The van der Waals surface area contributed by atoms with Crippen LogP contribution in [0.15, 0.2) is 42.7 Å². The maximum atomic E-state index is 13.4. The SMILES string of the molecule is CNc1cncc(NCc2ccccc2F)c1. The molecule has 2 aromatic rings. The van der Waals surface area contributed by atoms with Crippen LogP contribution in [0.5, 0.6) is 0 Å². The van der Waals surface area contributed by atoms with Crippen LogP contribution in [0.2, 0.25) is 0 Å². The van der Waals surface area contributed by atoms with E-state index >= 15 is 0 Å². The smallest absolute Gasteiger partial charge is 0.128 e. The van der Waals surface area contributed by atoms with Crippen LogP contribution < -0.4 is 10.6 Å². The second kappa shape index (κ2) is 5.30. The molecule has 0 amide bonds. The molecule has 0 unspecified atom stereocenters. The Labute approximate surface area is 99.7 Å². The van der Waals surface area contributed by atoms with Gasteiger partial charge in [-0.1, -0.05) is 18.2 Å². The average Bonchev–Trinajstić information content (AvgIpc) is 2.38. The highest BCUT2D eigenvalue weighted by Crippen LogP contribution is 2.14. The van der Waals surface area contributed by atoms with Crippen molar-refractivity contribution in [2.45, 2.75) is 6.54 Å². The molecule has 1 aromatic heterocycles. The summed E-state index contributed by atoms with van der Waals surface area (Å²) in [4.78, 5) is 4.07. The zero-order valence-corrected chi connectivity index (χ0v) is 9.57. The van der Waals surface area contributed by atoms with E-state index in [1.54, 1.807) is 24.5 Å². The molecule has 4 heteroatoms. The van der Waals surface area contributed by atoms with Gasteiger partial charge in [0.1, 0.15) is 5.82 Å². The Morgan fingerprint density at radius 1 is 1.18 bits per heavy atom. The number of aromatic nitrogens is 1. The number of nitrogens with zero attached hydrogens (tertiary/aromatic N) is 1. The normalized spacial score (nSPS) is 10.0. The summed E-state index contributed by atoms with van der Waals surface area (Å²) < 4.78 is 13.4. The second-order valence-corrected chi connectivity index (χ2v) is 3.66. The molecule has 88 valence electrons. The fraction of sp³-hybridized carbons (Fsp3) is 0.154. The number of rotatable bonds is 4. The van der Waals surface area contributed by atoms with E-state index in [0.717, 1.165) is 11.4 Å². The molecule has 3 nitrogen and oxygen atoms in total. The third-order valence-electron chi connectivity index (χ3n) is 2.47. The van der Waals surface area contributed by atoms with Gasteiger partial charge in [-0.3, -0.25) is 4.98 Å². The van der Waals surface area contributed by atoms with Crippen LogP contribution in [0.25, 0.3) is 0 Å². The van der Waals surface area contributed by atoms with Crippen molar-refractivity contribution in [3.05, 3.63) is 54.1 Å². The van der Waals surface area contributed by atoms with Gasteiger partial charge in [-0.05, 0) is 12.1 Å². The number of anilines is 2. The highest BCUT2D eigenvalue weighted by Gasteiger charge is 2.00. The lowest BCUT2D eigenvalue weighted by Crippen LogP contribution is -2.02. The molecule has 0 aliphatic rings. The second-order valence-electron chi connectivity index (χ2n) is 3.66. The molecule has 0 saturated carbocycles. The molecule has 0 aliphatic heterocycles. The van der Waals surface area contributed by atoms with Crippen LogP contribution in [0.1, 0.15) is 5.56 Å². The van der Waals surface area contributed by atoms with Crippen molar-refractivity contribution in [2.75, 3.05) is 17.7 Å². The summed E-state index contributed by atoms with van der Waals surface area (Å²) in [5.74, 6) is -0.197. The van der Waals surface area contributed by atoms with Crippen molar-refractivity contribution in [1.82, 2.24) is 4.98 Å². The molecule has 1 aromatic carbocycles. The van der Waals surface area contributed by atoms with Gasteiger partial charge in [-0.25, -0.2) is 4.39 Å². The van der Waals surface area contributed by atoms with Crippen LogP contribution in [-0.4, -0.2) is 12.0 Å². The predicted molar refractivity (Wildman–Crippen MR) is 67.5 cm³/mol. The summed E-state index contributed by atoms with van der Waals surface area (Å²) in [6.07, 6.45) is 3.44. The monoisotopic (exact) mass is 231 g/mol. The summed E-state index contributed by atoms with van der Waals surface area (Å²) in [6, 6.07) is 8.65. The van der Waals surface area contributed by atoms with Crippen LogP contribution in [-0.2, 0) is 6.54 Å². The first-order valence-corrected chi connectivity index (χ1v) is 5.39. The first-order valence-electron chi connectivity index (χ1n) is 5.39. The molecule has 0 fully saturated rings. The van der Waals surface area contributed by atoms with E-state index in [1.807, 2.05) is 19.2 Å². The minimum atomic E-state index is -0.197. The van der Waals surface area contributed by atoms with Crippen LogP contribution in [0.4, 0.5) is 15.8 Å². The van der Waals surface area contributed by atoms with E-state index in [0.29, 0.717) is 12.1 Å². The van der Waals surface area contributed by atoms with E-state index < -0.39 is 0 Å². The predicted octanol–water partition coefficient (Wildman–Crippen LogP) is 2.87. The van der Waals surface area contributed by atoms with Gasteiger partial charge in [-0.15, -0.1) is 0 Å². The Balaban J connectivity index is 2.05. The van der Waals surface area contributed by atoms with Gasteiger partial charge < -0.3 is 10.6 Å². The molecule has 0 spiro atoms. The zero-order valence-electron chi connectivity index (χ0n) is 9.57. The van der Waals surface area contributed by atoms with E-state index in [1.165, 1.54) is 6.07 Å². The largest absolute Gasteiger partial charge is 0.387 e. The standard InChI is InChI=1S/C13H14FN3/c1-15-11-6-12(9-16-8-11)17-7-10-4-2-3-5-13(10)14/h2-6,8-9,15,17H,7H2,1H3. The molecular formula is C13H14FN3. The lowest BCUT2D eigenvalue weighted by Gasteiger charge is -2.08. The Kier molecular flexibility index (Phi) is 3.55. The maximum Gasteiger partial charge on any atom is 0.128 e. The van der Waals surface area contributed by atoms with E-state index in [-0.39, 0.29) is 5.82 Å². The van der Waals surface area contributed by atoms with Crippen molar-refractivity contribution in [3.8, 4) is 0 Å². The van der Waals surface area contributed by atoms with Gasteiger partial charge in [0.2, 0.25) is 0 Å². The molecule has 0 saturated heterocycles. The van der Waals surface area contributed by atoms with Crippen molar-refractivity contribution < 1.29 is 4.39 Å². The van der Waals surface area contributed by atoms with Gasteiger partial charge in [0.25, 0.3) is 0 Å². The molecular weight excluding hydrogens is 217 g/mol. The first-order chi connectivity index (χ1) is 8.29. The Morgan fingerprint density at radius 2 is 1.94 bits per heavy atom. The quantitative estimate of drug-likeness (QED) is 0.849. The molecule has 0 bridgehead atoms. The fourth-order valence-electron chi connectivity index (χ4n) is 1.51. The van der Waals surface area contributed by atoms with Gasteiger partial charge >= 0.3 is 0 Å². The van der Waals surface area contributed by atoms with E-state index in [9.17, 15) is 4.39 Å². The van der Waals surface area contributed by atoms with E-state index in [4.69, 9.17) is 0 Å². The third kappa shape index (κ3) is 2.93. The summed E-state index contributed by atoms with van der Waals surface area (Å²) in [5.41, 5.74) is 2.42. The molecule has 0 radical (unpaired) electrons. The number of halogens is 1. The molecule has 2 N–H and O–H groups in total. The summed E-state index contributed by atoms with van der Waals surface area (Å²) >= 11 is 0. The first kappa shape index (κ1) is 11.4. The summed E-state index contributed by atoms with van der Waals surface area (Å²) in [6.45, 7) is 0.446. The summed E-state index contributed by atoms with van der Waals surface area (Å²) in [7, 11) is 1.83. The highest BCUT2D eigenvalue weighted by atomic mass is 19.1. The van der Waals surface area contributed by atoms with Gasteiger partial charge in [0, 0.05) is 19.2 Å². The van der Waals surface area contributed by atoms with Crippen LogP contribution in [0, 0.1) is 5.82 Å². The van der Waals surface area contributed by atoms with Gasteiger partial charge in [0.15, 0.2) is 0 Å². The zero-order chi connectivity index (χ0) is 12.1. The lowest BCUT2D eigenvalue weighted by molar-refractivity contribution is 0.613. The van der Waals surface area contributed by atoms with Crippen molar-refractivity contribution in [1.29, 1.82) is 0 Å². The van der Waals surface area contributed by atoms with Gasteiger partial charge in [-0.2, -0.15) is 0 Å². The highest BCUT2D eigenvalue weighted by molar-refractivity contribution is 5.53. The molecule has 1 heterocycles. The number of benzene rings is 1. The molecule has 17 heavy (non-hydrogen) atoms. The molecule has 0 aliphatic carbocycles. The fourth-order valence-corrected chi connectivity index (χ4v) is 1.51. The average molecular weight is 231 g/mol. The Hall–Kier alpha value is -2.10. The third-order valence-corrected chi connectivity index (χ3v) is 2.47. The maximum absolute atomic E-state index is 13.4. The summed E-state index contributed by atoms with van der Waals surface area (Å²) in [5, 5.41) is 6.13. The topological polar surface area (TPSA) is 37.0 Å².